The highest BCUT2D eigenvalue weighted by Gasteiger charge is 2.28. The van der Waals surface area contributed by atoms with Crippen molar-refractivity contribution < 1.29 is 9.59 Å². The number of anilines is 1. The van der Waals surface area contributed by atoms with Crippen LogP contribution < -0.4 is 5.32 Å². The number of likely N-dealkylation sites (tertiary alicyclic amines) is 1. The zero-order valence-electron chi connectivity index (χ0n) is 16.2. The largest absolute Gasteiger partial charge is 0.339 e. The van der Waals surface area contributed by atoms with Gasteiger partial charge in [0.15, 0.2) is 0 Å². The van der Waals surface area contributed by atoms with Crippen molar-refractivity contribution >= 4 is 17.5 Å². The molecule has 0 spiro atoms. The summed E-state index contributed by atoms with van der Waals surface area (Å²) in [5.74, 6) is 0.482. The van der Waals surface area contributed by atoms with Crippen molar-refractivity contribution in [3.63, 3.8) is 0 Å². The lowest BCUT2D eigenvalue weighted by Gasteiger charge is -2.31. The number of rotatable bonds is 5. The monoisotopic (exact) mass is 364 g/mol. The second-order valence-electron chi connectivity index (χ2n) is 7.32. The molecule has 1 atom stereocenters. The van der Waals surface area contributed by atoms with Crippen LogP contribution in [0.3, 0.4) is 0 Å². The highest BCUT2D eigenvalue weighted by molar-refractivity contribution is 5.95. The fourth-order valence-electron chi connectivity index (χ4n) is 3.60. The lowest BCUT2D eigenvalue weighted by molar-refractivity contribution is -0.121. The number of hydrogen-bond acceptors (Lipinski definition) is 2. The zero-order valence-corrected chi connectivity index (χ0v) is 16.2. The van der Waals surface area contributed by atoms with Gasteiger partial charge in [0.05, 0.1) is 0 Å². The van der Waals surface area contributed by atoms with Crippen LogP contribution in [0, 0.1) is 5.92 Å². The van der Waals surface area contributed by atoms with Gasteiger partial charge in [0.25, 0.3) is 5.91 Å². The van der Waals surface area contributed by atoms with Gasteiger partial charge in [-0.1, -0.05) is 50.2 Å². The summed E-state index contributed by atoms with van der Waals surface area (Å²) in [6.07, 6.45) is 2.44. The Hall–Kier alpha value is -2.62. The average Bonchev–Trinajstić information content (AvgIpc) is 2.73. The van der Waals surface area contributed by atoms with Crippen molar-refractivity contribution in [1.82, 2.24) is 4.90 Å². The summed E-state index contributed by atoms with van der Waals surface area (Å²) >= 11 is 0. The molecule has 4 heteroatoms. The molecule has 1 saturated heterocycles. The quantitative estimate of drug-likeness (QED) is 0.837. The average molecular weight is 364 g/mol. The van der Waals surface area contributed by atoms with Crippen LogP contribution in [-0.4, -0.2) is 29.8 Å². The van der Waals surface area contributed by atoms with Crippen molar-refractivity contribution in [3.05, 3.63) is 65.7 Å². The van der Waals surface area contributed by atoms with Gasteiger partial charge in [0.2, 0.25) is 5.91 Å². The van der Waals surface area contributed by atoms with E-state index in [1.165, 1.54) is 5.56 Å². The van der Waals surface area contributed by atoms with Crippen LogP contribution >= 0.6 is 0 Å². The Morgan fingerprint density at radius 2 is 1.67 bits per heavy atom. The molecule has 0 aromatic heterocycles. The summed E-state index contributed by atoms with van der Waals surface area (Å²) in [7, 11) is 0. The zero-order chi connectivity index (χ0) is 19.2. The van der Waals surface area contributed by atoms with Crippen LogP contribution in [0.5, 0.6) is 0 Å². The standard InChI is InChI=1S/C23H28N2O2/c1-3-17(2)20-11-7-8-12-21(20)24-22(26)18-13-15-25(16-14-18)23(27)19-9-5-4-6-10-19/h4-12,17-18H,3,13-16H2,1-2H3,(H,24,26)/t17-/m0/s1. The molecule has 2 amide bonds. The molecule has 1 aliphatic heterocycles. The first kappa shape index (κ1) is 19.2. The summed E-state index contributed by atoms with van der Waals surface area (Å²) in [6.45, 7) is 5.58. The molecule has 0 radical (unpaired) electrons. The number of amides is 2. The van der Waals surface area contributed by atoms with Gasteiger partial charge in [-0.05, 0) is 48.9 Å². The van der Waals surface area contributed by atoms with Crippen molar-refractivity contribution in [2.24, 2.45) is 5.92 Å². The number of carbonyl (C=O) groups excluding carboxylic acids is 2. The highest BCUT2D eigenvalue weighted by Crippen LogP contribution is 2.28. The summed E-state index contributed by atoms with van der Waals surface area (Å²) in [5.41, 5.74) is 2.81. The Balaban J connectivity index is 1.59. The summed E-state index contributed by atoms with van der Waals surface area (Å²) < 4.78 is 0. The Bertz CT molecular complexity index is 780. The first-order chi connectivity index (χ1) is 13.1. The number of carbonyl (C=O) groups is 2. The Morgan fingerprint density at radius 3 is 2.33 bits per heavy atom. The molecule has 142 valence electrons. The van der Waals surface area contributed by atoms with Gasteiger partial charge < -0.3 is 10.2 Å². The maximum absolute atomic E-state index is 12.8. The number of nitrogens with zero attached hydrogens (tertiary/aromatic N) is 1. The SMILES string of the molecule is CC[C@H](C)c1ccccc1NC(=O)C1CCN(C(=O)c2ccccc2)CC1. The van der Waals surface area contributed by atoms with Crippen molar-refractivity contribution in [3.8, 4) is 0 Å². The van der Waals surface area contributed by atoms with E-state index in [1.54, 1.807) is 0 Å². The summed E-state index contributed by atoms with van der Waals surface area (Å²) in [4.78, 5) is 27.2. The maximum atomic E-state index is 12.8. The number of benzene rings is 2. The molecular formula is C23H28N2O2. The predicted molar refractivity (Wildman–Crippen MR) is 109 cm³/mol. The highest BCUT2D eigenvalue weighted by atomic mass is 16.2. The van der Waals surface area contributed by atoms with E-state index in [0.717, 1.165) is 12.1 Å². The van der Waals surface area contributed by atoms with Crippen molar-refractivity contribution in [1.29, 1.82) is 0 Å². The van der Waals surface area contributed by atoms with Crippen LogP contribution in [0.25, 0.3) is 0 Å². The van der Waals surface area contributed by atoms with E-state index < -0.39 is 0 Å². The smallest absolute Gasteiger partial charge is 0.253 e. The third-order valence-corrected chi connectivity index (χ3v) is 5.54. The van der Waals surface area contributed by atoms with Crippen molar-refractivity contribution in [2.45, 2.75) is 39.0 Å². The second kappa shape index (κ2) is 8.85. The maximum Gasteiger partial charge on any atom is 0.253 e. The molecule has 1 N–H and O–H groups in total. The van der Waals surface area contributed by atoms with Gasteiger partial charge in [-0.3, -0.25) is 9.59 Å². The van der Waals surface area contributed by atoms with Crippen LogP contribution in [0.4, 0.5) is 5.69 Å². The fraction of sp³-hybridized carbons (Fsp3) is 0.391. The molecule has 1 aliphatic rings. The minimum absolute atomic E-state index is 0.0465. The fourth-order valence-corrected chi connectivity index (χ4v) is 3.60. The van der Waals surface area contributed by atoms with Gasteiger partial charge in [0, 0.05) is 30.3 Å². The molecule has 0 unspecified atom stereocenters. The molecular weight excluding hydrogens is 336 g/mol. The molecule has 2 aromatic rings. The summed E-state index contributed by atoms with van der Waals surface area (Å²) in [6, 6.07) is 17.4. The van der Waals surface area contributed by atoms with E-state index in [-0.39, 0.29) is 17.7 Å². The van der Waals surface area contributed by atoms with Crippen LogP contribution in [0.1, 0.15) is 54.9 Å². The number of para-hydroxylation sites is 1. The van der Waals surface area contributed by atoms with Crippen LogP contribution in [-0.2, 0) is 4.79 Å². The van der Waals surface area contributed by atoms with Crippen LogP contribution in [0.2, 0.25) is 0 Å². The first-order valence-corrected chi connectivity index (χ1v) is 9.84. The van der Waals surface area contributed by atoms with E-state index >= 15 is 0 Å². The second-order valence-corrected chi connectivity index (χ2v) is 7.32. The minimum Gasteiger partial charge on any atom is -0.339 e. The molecule has 3 rings (SSSR count). The molecule has 27 heavy (non-hydrogen) atoms. The first-order valence-electron chi connectivity index (χ1n) is 9.84. The molecule has 1 heterocycles. The van der Waals surface area contributed by atoms with E-state index in [4.69, 9.17) is 0 Å². The Morgan fingerprint density at radius 1 is 1.04 bits per heavy atom. The molecule has 0 saturated carbocycles. The number of hydrogen-bond donors (Lipinski definition) is 1. The lowest BCUT2D eigenvalue weighted by atomic mass is 9.93. The molecule has 0 bridgehead atoms. The molecule has 1 fully saturated rings. The number of piperidine rings is 1. The van der Waals surface area contributed by atoms with Gasteiger partial charge in [-0.25, -0.2) is 0 Å². The lowest BCUT2D eigenvalue weighted by Crippen LogP contribution is -2.41. The van der Waals surface area contributed by atoms with Gasteiger partial charge >= 0.3 is 0 Å². The van der Waals surface area contributed by atoms with Gasteiger partial charge in [-0.15, -0.1) is 0 Å². The van der Waals surface area contributed by atoms with Gasteiger partial charge in [-0.2, -0.15) is 0 Å². The molecule has 4 nitrogen and oxygen atoms in total. The third kappa shape index (κ3) is 4.57. The van der Waals surface area contributed by atoms with E-state index in [9.17, 15) is 9.59 Å². The van der Waals surface area contributed by atoms with E-state index in [2.05, 4.69) is 25.2 Å². The summed E-state index contributed by atoms with van der Waals surface area (Å²) in [5, 5.41) is 3.13. The van der Waals surface area contributed by atoms with Gasteiger partial charge in [0.1, 0.15) is 0 Å². The molecule has 2 aromatic carbocycles. The normalized spacial score (nSPS) is 16.0. The third-order valence-electron chi connectivity index (χ3n) is 5.54. The minimum atomic E-state index is -0.0465. The van der Waals surface area contributed by atoms with E-state index in [0.29, 0.717) is 37.4 Å². The molecule has 0 aliphatic carbocycles. The van der Waals surface area contributed by atoms with Crippen LogP contribution in [0.15, 0.2) is 54.6 Å². The Labute approximate surface area is 161 Å². The van der Waals surface area contributed by atoms with Crippen molar-refractivity contribution in [2.75, 3.05) is 18.4 Å². The predicted octanol–water partition coefficient (Wildman–Crippen LogP) is 4.69. The Kier molecular flexibility index (Phi) is 6.28. The number of nitrogens with one attached hydrogen (secondary N) is 1. The topological polar surface area (TPSA) is 49.4 Å². The van der Waals surface area contributed by atoms with E-state index in [1.807, 2.05) is 53.4 Å².